The molecule has 0 amide bonds. The summed E-state index contributed by atoms with van der Waals surface area (Å²) in [6, 6.07) is 22.1. The normalized spacial score (nSPS) is 23.7. The van der Waals surface area contributed by atoms with Gasteiger partial charge in [-0.05, 0) is 37.3 Å². The molecule has 0 N–H and O–H groups in total. The molecular weight excluding hydrogens is 270 g/mol. The lowest BCUT2D eigenvalue weighted by Crippen LogP contribution is -2.49. The predicted molar refractivity (Wildman–Crippen MR) is 86.2 cm³/mol. The highest BCUT2D eigenvalue weighted by atomic mass is 16.1. The SMILES string of the molecule is C[C@]1(C#N)CCCC(c2ccccc2)(c2ccccc2)C1=O. The van der Waals surface area contributed by atoms with Crippen LogP contribution in [0.4, 0.5) is 0 Å². The number of carbonyl (C=O) groups excluding carboxylic acids is 1. The zero-order valence-corrected chi connectivity index (χ0v) is 12.8. The van der Waals surface area contributed by atoms with Gasteiger partial charge in [-0.15, -0.1) is 0 Å². The first-order valence-electron chi connectivity index (χ1n) is 7.71. The van der Waals surface area contributed by atoms with E-state index >= 15 is 0 Å². The van der Waals surface area contributed by atoms with Gasteiger partial charge in [0.2, 0.25) is 0 Å². The molecular formula is C20H19NO. The topological polar surface area (TPSA) is 40.9 Å². The van der Waals surface area contributed by atoms with E-state index in [1.54, 1.807) is 6.92 Å². The summed E-state index contributed by atoms with van der Waals surface area (Å²) in [7, 11) is 0. The van der Waals surface area contributed by atoms with E-state index in [0.717, 1.165) is 24.0 Å². The number of hydrogen-bond donors (Lipinski definition) is 0. The first kappa shape index (κ1) is 14.5. The minimum absolute atomic E-state index is 0.0335. The summed E-state index contributed by atoms with van der Waals surface area (Å²) in [4.78, 5) is 13.4. The molecule has 1 aliphatic rings. The summed E-state index contributed by atoms with van der Waals surface area (Å²) >= 11 is 0. The highest BCUT2D eigenvalue weighted by Gasteiger charge is 2.52. The monoisotopic (exact) mass is 289 g/mol. The van der Waals surface area contributed by atoms with Crippen LogP contribution in [0.5, 0.6) is 0 Å². The first-order valence-corrected chi connectivity index (χ1v) is 7.71. The second-order valence-electron chi connectivity index (χ2n) is 6.26. The van der Waals surface area contributed by atoms with Crippen molar-refractivity contribution in [2.24, 2.45) is 5.41 Å². The molecule has 0 spiro atoms. The standard InChI is InChI=1S/C20H19NO/c1-19(15-21)13-8-14-20(18(19)22,16-9-4-2-5-10-16)17-11-6-3-7-12-17/h2-7,9-12H,8,13-14H2,1H3/t19-/m1/s1. The summed E-state index contributed by atoms with van der Waals surface area (Å²) in [5.74, 6) is 0.0335. The minimum atomic E-state index is -0.913. The van der Waals surface area contributed by atoms with E-state index in [1.165, 1.54) is 0 Å². The smallest absolute Gasteiger partial charge is 0.167 e. The number of benzene rings is 2. The molecule has 3 rings (SSSR count). The number of hydrogen-bond acceptors (Lipinski definition) is 2. The van der Waals surface area contributed by atoms with Crippen LogP contribution in [-0.4, -0.2) is 5.78 Å². The lowest BCUT2D eigenvalue weighted by atomic mass is 9.57. The molecule has 2 nitrogen and oxygen atoms in total. The molecule has 0 aliphatic heterocycles. The van der Waals surface area contributed by atoms with Gasteiger partial charge >= 0.3 is 0 Å². The second kappa shape index (κ2) is 5.42. The lowest BCUT2D eigenvalue weighted by Gasteiger charge is -2.42. The van der Waals surface area contributed by atoms with Crippen molar-refractivity contribution in [1.82, 2.24) is 0 Å². The summed E-state index contributed by atoms with van der Waals surface area (Å²) < 4.78 is 0. The van der Waals surface area contributed by atoms with E-state index in [9.17, 15) is 10.1 Å². The van der Waals surface area contributed by atoms with E-state index in [2.05, 4.69) is 6.07 Å². The average Bonchev–Trinajstić information content (AvgIpc) is 2.59. The average molecular weight is 289 g/mol. The molecule has 2 aromatic rings. The molecule has 0 aromatic heterocycles. The van der Waals surface area contributed by atoms with E-state index < -0.39 is 10.8 Å². The number of ketones is 1. The summed E-state index contributed by atoms with van der Waals surface area (Å²) in [5.41, 5.74) is 0.370. The van der Waals surface area contributed by atoms with E-state index in [1.807, 2.05) is 60.7 Å². The molecule has 22 heavy (non-hydrogen) atoms. The maximum absolute atomic E-state index is 13.4. The molecule has 2 heteroatoms. The zero-order chi connectivity index (χ0) is 15.6. The van der Waals surface area contributed by atoms with Crippen molar-refractivity contribution in [3.63, 3.8) is 0 Å². The van der Waals surface area contributed by atoms with Crippen LogP contribution in [0.2, 0.25) is 0 Å². The molecule has 2 aromatic carbocycles. The van der Waals surface area contributed by atoms with Crippen molar-refractivity contribution < 1.29 is 4.79 Å². The van der Waals surface area contributed by atoms with Crippen molar-refractivity contribution in [1.29, 1.82) is 5.26 Å². The van der Waals surface area contributed by atoms with Crippen LogP contribution in [0.25, 0.3) is 0 Å². The Balaban J connectivity index is 2.26. The fourth-order valence-electron chi connectivity index (χ4n) is 3.67. The van der Waals surface area contributed by atoms with Crippen LogP contribution in [0, 0.1) is 16.7 Å². The molecule has 110 valence electrons. The maximum Gasteiger partial charge on any atom is 0.167 e. The zero-order valence-electron chi connectivity index (χ0n) is 12.8. The Morgan fingerprint density at radius 1 is 0.909 bits per heavy atom. The van der Waals surface area contributed by atoms with Crippen LogP contribution < -0.4 is 0 Å². The van der Waals surface area contributed by atoms with E-state index in [0.29, 0.717) is 6.42 Å². The molecule has 1 saturated carbocycles. The maximum atomic E-state index is 13.4. The van der Waals surface area contributed by atoms with Crippen LogP contribution in [0.1, 0.15) is 37.3 Å². The fraction of sp³-hybridized carbons (Fsp3) is 0.300. The molecule has 1 atom stereocenters. The fourth-order valence-corrected chi connectivity index (χ4v) is 3.67. The largest absolute Gasteiger partial charge is 0.297 e. The Hall–Kier alpha value is -2.40. The molecule has 0 radical (unpaired) electrons. The van der Waals surface area contributed by atoms with Crippen LogP contribution in [-0.2, 0) is 10.2 Å². The van der Waals surface area contributed by atoms with Crippen molar-refractivity contribution in [3.05, 3.63) is 71.8 Å². The molecule has 1 fully saturated rings. The van der Waals surface area contributed by atoms with Gasteiger partial charge in [-0.1, -0.05) is 60.7 Å². The van der Waals surface area contributed by atoms with E-state index in [-0.39, 0.29) is 5.78 Å². The summed E-state index contributed by atoms with van der Waals surface area (Å²) in [6.45, 7) is 1.79. The Kier molecular flexibility index (Phi) is 3.58. The van der Waals surface area contributed by atoms with Crippen LogP contribution >= 0.6 is 0 Å². The third-order valence-electron chi connectivity index (χ3n) is 4.90. The number of rotatable bonds is 2. The summed E-state index contributed by atoms with van der Waals surface area (Å²) in [6.07, 6.45) is 2.28. The van der Waals surface area contributed by atoms with Gasteiger partial charge in [0.05, 0.1) is 11.5 Å². The highest BCUT2D eigenvalue weighted by molar-refractivity contribution is 6.00. The van der Waals surface area contributed by atoms with Gasteiger partial charge in [0.25, 0.3) is 0 Å². The number of Topliss-reactive ketones (excluding diaryl/α,β-unsaturated/α-hetero) is 1. The predicted octanol–water partition coefficient (Wildman–Crippen LogP) is 4.26. The van der Waals surface area contributed by atoms with Crippen LogP contribution in [0.3, 0.4) is 0 Å². The van der Waals surface area contributed by atoms with Gasteiger partial charge in [-0.25, -0.2) is 0 Å². The van der Waals surface area contributed by atoms with Gasteiger partial charge in [0, 0.05) is 0 Å². The summed E-state index contributed by atoms with van der Waals surface area (Å²) in [5, 5.41) is 9.58. The third-order valence-corrected chi connectivity index (χ3v) is 4.90. The number of nitriles is 1. The third kappa shape index (κ3) is 2.05. The van der Waals surface area contributed by atoms with Crippen molar-refractivity contribution in [3.8, 4) is 6.07 Å². The van der Waals surface area contributed by atoms with E-state index in [4.69, 9.17) is 0 Å². The Labute approximate surface area is 131 Å². The minimum Gasteiger partial charge on any atom is -0.297 e. The Morgan fingerprint density at radius 3 is 1.86 bits per heavy atom. The van der Waals surface area contributed by atoms with Gasteiger partial charge < -0.3 is 0 Å². The first-order chi connectivity index (χ1) is 10.6. The molecule has 0 bridgehead atoms. The Morgan fingerprint density at radius 2 is 1.41 bits per heavy atom. The van der Waals surface area contributed by atoms with Gasteiger partial charge in [0.1, 0.15) is 5.41 Å². The highest BCUT2D eigenvalue weighted by Crippen LogP contribution is 2.48. The van der Waals surface area contributed by atoms with Gasteiger partial charge in [0.15, 0.2) is 5.78 Å². The second-order valence-corrected chi connectivity index (χ2v) is 6.26. The molecule has 0 heterocycles. The number of nitrogens with zero attached hydrogens (tertiary/aromatic N) is 1. The van der Waals surface area contributed by atoms with Gasteiger partial charge in [-0.2, -0.15) is 5.26 Å². The molecule has 0 saturated heterocycles. The van der Waals surface area contributed by atoms with Crippen molar-refractivity contribution >= 4 is 5.78 Å². The molecule has 1 aliphatic carbocycles. The number of carbonyl (C=O) groups is 1. The van der Waals surface area contributed by atoms with Crippen molar-refractivity contribution in [2.45, 2.75) is 31.6 Å². The Bertz CT molecular complexity index is 675. The quantitative estimate of drug-likeness (QED) is 0.829. The molecule has 0 unspecified atom stereocenters. The van der Waals surface area contributed by atoms with Gasteiger partial charge in [-0.3, -0.25) is 4.79 Å². The van der Waals surface area contributed by atoms with Crippen molar-refractivity contribution in [2.75, 3.05) is 0 Å². The van der Waals surface area contributed by atoms with Crippen LogP contribution in [0.15, 0.2) is 60.7 Å². The lowest BCUT2D eigenvalue weighted by molar-refractivity contribution is -0.132.